The number of phenols is 1. The molecule has 2 N–H and O–H groups in total. The minimum absolute atomic E-state index is 0.0883. The first-order valence-electron chi connectivity index (χ1n) is 6.31. The summed E-state index contributed by atoms with van der Waals surface area (Å²) in [5.41, 5.74) is -0.678. The molecule has 0 saturated heterocycles. The van der Waals surface area contributed by atoms with Crippen LogP contribution in [0.3, 0.4) is 0 Å². The van der Waals surface area contributed by atoms with Crippen LogP contribution < -0.4 is 5.32 Å². The van der Waals surface area contributed by atoms with Gasteiger partial charge in [-0.25, -0.2) is 18.7 Å². The molecule has 8 heteroatoms. The summed E-state index contributed by atoms with van der Waals surface area (Å²) in [6, 6.07) is 0.364. The Kier molecular flexibility index (Phi) is 4.30. The third-order valence-corrected chi connectivity index (χ3v) is 2.82. The maximum atomic E-state index is 13.6. The van der Waals surface area contributed by atoms with Gasteiger partial charge < -0.3 is 10.4 Å². The van der Waals surface area contributed by atoms with Gasteiger partial charge in [0, 0.05) is 5.92 Å². The molecule has 2 aromatic rings. The first kappa shape index (κ1) is 15.7. The van der Waals surface area contributed by atoms with Crippen molar-refractivity contribution in [2.45, 2.75) is 19.8 Å². The average Bonchev–Trinajstić information content (AvgIpc) is 2.49. The first-order chi connectivity index (χ1) is 10.3. The number of hydrogen-bond acceptors (Lipinski definition) is 4. The predicted molar refractivity (Wildman–Crippen MR) is 72.1 cm³/mol. The monoisotopic (exact) mass is 311 g/mol. The molecule has 0 aliphatic rings. The number of carbonyl (C=O) groups is 1. The van der Waals surface area contributed by atoms with Crippen molar-refractivity contribution in [1.82, 2.24) is 9.97 Å². The SMILES string of the molecule is CC(C)c1ncc(NC(=O)c2cc(F)c(F)c(O)c2F)cn1. The number of phenolic OH excluding ortho intramolecular Hbond substituents is 1. The summed E-state index contributed by atoms with van der Waals surface area (Å²) in [7, 11) is 0. The zero-order valence-electron chi connectivity index (χ0n) is 11.7. The Morgan fingerprint density at radius 3 is 2.32 bits per heavy atom. The lowest BCUT2D eigenvalue weighted by atomic mass is 10.1. The van der Waals surface area contributed by atoms with E-state index < -0.39 is 34.7 Å². The largest absolute Gasteiger partial charge is 0.503 e. The highest BCUT2D eigenvalue weighted by molar-refractivity contribution is 6.04. The van der Waals surface area contributed by atoms with Gasteiger partial charge in [-0.15, -0.1) is 0 Å². The third-order valence-electron chi connectivity index (χ3n) is 2.82. The minimum Gasteiger partial charge on any atom is -0.503 e. The fourth-order valence-corrected chi connectivity index (χ4v) is 1.65. The van der Waals surface area contributed by atoms with E-state index in [9.17, 15) is 18.0 Å². The summed E-state index contributed by atoms with van der Waals surface area (Å²) in [5.74, 6) is -6.80. The zero-order valence-corrected chi connectivity index (χ0v) is 11.7. The lowest BCUT2D eigenvalue weighted by molar-refractivity contribution is 0.102. The molecular formula is C14H12F3N3O2. The molecule has 5 nitrogen and oxygen atoms in total. The first-order valence-corrected chi connectivity index (χ1v) is 6.31. The number of nitrogens with one attached hydrogen (secondary N) is 1. The molecule has 0 aliphatic heterocycles. The molecule has 2 rings (SSSR count). The van der Waals surface area contributed by atoms with Crippen LogP contribution in [0.5, 0.6) is 5.75 Å². The van der Waals surface area contributed by atoms with Gasteiger partial charge in [0.15, 0.2) is 17.4 Å². The summed E-state index contributed by atoms with van der Waals surface area (Å²) < 4.78 is 39.7. The van der Waals surface area contributed by atoms with E-state index in [-0.39, 0.29) is 11.6 Å². The van der Waals surface area contributed by atoms with E-state index in [1.54, 1.807) is 0 Å². The fraction of sp³-hybridized carbons (Fsp3) is 0.214. The smallest absolute Gasteiger partial charge is 0.258 e. The molecule has 116 valence electrons. The van der Waals surface area contributed by atoms with Crippen molar-refractivity contribution in [2.75, 3.05) is 5.32 Å². The molecule has 1 heterocycles. The number of carbonyl (C=O) groups excluding carboxylic acids is 1. The van der Waals surface area contributed by atoms with Gasteiger partial charge >= 0.3 is 0 Å². The molecule has 22 heavy (non-hydrogen) atoms. The lowest BCUT2D eigenvalue weighted by Gasteiger charge is -2.09. The maximum Gasteiger partial charge on any atom is 0.258 e. The second-order valence-corrected chi connectivity index (χ2v) is 4.82. The van der Waals surface area contributed by atoms with E-state index >= 15 is 0 Å². The van der Waals surface area contributed by atoms with Crippen LogP contribution in [0, 0.1) is 17.5 Å². The number of anilines is 1. The Bertz CT molecular complexity index is 718. The molecule has 0 spiro atoms. The quantitative estimate of drug-likeness (QED) is 0.855. The summed E-state index contributed by atoms with van der Waals surface area (Å²) in [4.78, 5) is 19.8. The highest BCUT2D eigenvalue weighted by atomic mass is 19.2. The normalized spacial score (nSPS) is 10.8. The van der Waals surface area contributed by atoms with Gasteiger partial charge in [-0.2, -0.15) is 4.39 Å². The molecule has 0 bridgehead atoms. The highest BCUT2D eigenvalue weighted by Crippen LogP contribution is 2.26. The van der Waals surface area contributed by atoms with Crippen molar-refractivity contribution >= 4 is 11.6 Å². The van der Waals surface area contributed by atoms with Gasteiger partial charge in [0.25, 0.3) is 5.91 Å². The number of amides is 1. The Labute approximate surface area is 123 Å². The fourth-order valence-electron chi connectivity index (χ4n) is 1.65. The maximum absolute atomic E-state index is 13.6. The van der Waals surface area contributed by atoms with Crippen LogP contribution in [0.4, 0.5) is 18.9 Å². The molecule has 1 aromatic heterocycles. The summed E-state index contributed by atoms with van der Waals surface area (Å²) in [5, 5.41) is 11.3. The van der Waals surface area contributed by atoms with Gasteiger partial charge in [-0.05, 0) is 6.07 Å². The minimum atomic E-state index is -1.75. The standard InChI is InChI=1S/C14H12F3N3O2/c1-6(2)13-18-4-7(5-19-13)20-14(22)8-3-9(15)11(17)12(21)10(8)16/h3-6,21H,1-2H3,(H,20,22). The number of benzene rings is 1. The Hall–Kier alpha value is -2.64. The van der Waals surface area contributed by atoms with Crippen molar-refractivity contribution in [3.05, 3.63) is 47.3 Å². The summed E-state index contributed by atoms with van der Waals surface area (Å²) >= 11 is 0. The molecule has 1 amide bonds. The molecule has 0 saturated carbocycles. The molecule has 0 fully saturated rings. The van der Waals surface area contributed by atoms with Crippen LogP contribution in [0.1, 0.15) is 35.9 Å². The summed E-state index contributed by atoms with van der Waals surface area (Å²) in [6.45, 7) is 3.76. The Morgan fingerprint density at radius 2 is 1.77 bits per heavy atom. The van der Waals surface area contributed by atoms with Crippen LogP contribution in [-0.4, -0.2) is 21.0 Å². The number of aromatic nitrogens is 2. The number of rotatable bonds is 3. The number of halogens is 3. The number of hydrogen-bond donors (Lipinski definition) is 2. The van der Waals surface area contributed by atoms with Gasteiger partial charge in [0.05, 0.1) is 23.6 Å². The zero-order chi connectivity index (χ0) is 16.4. The predicted octanol–water partition coefficient (Wildman–Crippen LogP) is 2.98. The second-order valence-electron chi connectivity index (χ2n) is 4.82. The van der Waals surface area contributed by atoms with E-state index in [1.807, 2.05) is 13.8 Å². The van der Waals surface area contributed by atoms with Crippen molar-refractivity contribution < 1.29 is 23.1 Å². The van der Waals surface area contributed by atoms with Crippen LogP contribution >= 0.6 is 0 Å². The van der Waals surface area contributed by atoms with Crippen molar-refractivity contribution in [3.8, 4) is 5.75 Å². The van der Waals surface area contributed by atoms with Gasteiger partial charge in [-0.3, -0.25) is 4.79 Å². The Balaban J connectivity index is 2.26. The van der Waals surface area contributed by atoms with E-state index in [0.717, 1.165) is 0 Å². The highest BCUT2D eigenvalue weighted by Gasteiger charge is 2.22. The molecule has 0 radical (unpaired) electrons. The van der Waals surface area contributed by atoms with Crippen LogP contribution in [0.25, 0.3) is 0 Å². The molecule has 0 unspecified atom stereocenters. The molecule has 0 atom stereocenters. The topological polar surface area (TPSA) is 75.1 Å². The molecule has 0 aliphatic carbocycles. The number of nitrogens with zero attached hydrogens (tertiary/aromatic N) is 2. The Morgan fingerprint density at radius 1 is 1.18 bits per heavy atom. The average molecular weight is 311 g/mol. The lowest BCUT2D eigenvalue weighted by Crippen LogP contribution is -2.15. The van der Waals surface area contributed by atoms with Crippen molar-refractivity contribution in [2.24, 2.45) is 0 Å². The van der Waals surface area contributed by atoms with Crippen molar-refractivity contribution in [1.29, 1.82) is 0 Å². The van der Waals surface area contributed by atoms with Crippen LogP contribution in [-0.2, 0) is 0 Å². The second kappa shape index (κ2) is 6.00. The molecular weight excluding hydrogens is 299 g/mol. The van der Waals surface area contributed by atoms with Gasteiger partial charge in [0.2, 0.25) is 5.82 Å². The van der Waals surface area contributed by atoms with Crippen LogP contribution in [0.15, 0.2) is 18.5 Å². The van der Waals surface area contributed by atoms with E-state index in [0.29, 0.717) is 11.9 Å². The van der Waals surface area contributed by atoms with E-state index in [4.69, 9.17) is 5.11 Å². The van der Waals surface area contributed by atoms with Gasteiger partial charge in [0.1, 0.15) is 5.82 Å². The third kappa shape index (κ3) is 3.00. The van der Waals surface area contributed by atoms with E-state index in [2.05, 4.69) is 15.3 Å². The summed E-state index contributed by atoms with van der Waals surface area (Å²) in [6.07, 6.45) is 2.61. The molecule has 1 aromatic carbocycles. The van der Waals surface area contributed by atoms with Crippen molar-refractivity contribution in [3.63, 3.8) is 0 Å². The number of aromatic hydroxyl groups is 1. The van der Waals surface area contributed by atoms with Crippen LogP contribution in [0.2, 0.25) is 0 Å². The van der Waals surface area contributed by atoms with E-state index in [1.165, 1.54) is 12.4 Å². The van der Waals surface area contributed by atoms with Gasteiger partial charge in [-0.1, -0.05) is 13.8 Å².